The van der Waals surface area contributed by atoms with Gasteiger partial charge < -0.3 is 4.42 Å². The number of hydrogen-bond donors (Lipinski definition) is 0. The van der Waals surface area contributed by atoms with Gasteiger partial charge >= 0.3 is 0 Å². The molecule has 2 rings (SSSR count). The van der Waals surface area contributed by atoms with Gasteiger partial charge in [-0.2, -0.15) is 0 Å². The quantitative estimate of drug-likeness (QED) is 0.646. The van der Waals surface area contributed by atoms with Crippen molar-refractivity contribution in [2.24, 2.45) is 0 Å². The van der Waals surface area contributed by atoms with Crippen LogP contribution >= 0.6 is 0 Å². The van der Waals surface area contributed by atoms with E-state index in [1.807, 2.05) is 18.2 Å². The van der Waals surface area contributed by atoms with E-state index >= 15 is 0 Å². The Hall–Kier alpha value is -1.31. The van der Waals surface area contributed by atoms with Crippen molar-refractivity contribution in [1.82, 2.24) is 4.98 Å². The van der Waals surface area contributed by atoms with E-state index in [9.17, 15) is 0 Å². The van der Waals surface area contributed by atoms with E-state index in [0.717, 1.165) is 5.52 Å². The van der Waals surface area contributed by atoms with Gasteiger partial charge in [-0.25, -0.2) is 4.98 Å². The predicted molar refractivity (Wildman–Crippen MR) is 48.1 cm³/mol. The summed E-state index contributed by atoms with van der Waals surface area (Å²) in [5.41, 5.74) is 2.69. The Morgan fingerprint density at radius 1 is 1.50 bits per heavy atom. The van der Waals surface area contributed by atoms with Crippen LogP contribution < -0.4 is 0 Å². The summed E-state index contributed by atoms with van der Waals surface area (Å²) in [6, 6.07) is 5.86. The predicted octanol–water partition coefficient (Wildman–Crippen LogP) is 2.95. The van der Waals surface area contributed by atoms with Crippen molar-refractivity contribution in [3.8, 4) is 0 Å². The first-order chi connectivity index (χ1) is 6.16. The van der Waals surface area contributed by atoms with Crippen molar-refractivity contribution >= 4 is 11.1 Å². The normalized spacial score (nSPS) is 12.4. The van der Waals surface area contributed by atoms with E-state index in [1.54, 1.807) is 0 Å². The van der Waals surface area contributed by atoms with Crippen LogP contribution in [0.5, 0.6) is 0 Å². The minimum absolute atomic E-state index is 0.0177. The summed E-state index contributed by atoms with van der Waals surface area (Å²) in [4.78, 5) is 3.96. The molecule has 1 aromatic heterocycles. The molecule has 12 heavy (non-hydrogen) atoms. The fourth-order valence-corrected chi connectivity index (χ4v) is 1.19. The molecule has 2 nitrogen and oxygen atoms in total. The van der Waals surface area contributed by atoms with Crippen LogP contribution in [0.15, 0.2) is 29.0 Å². The van der Waals surface area contributed by atoms with E-state index in [-0.39, 0.29) is 6.37 Å². The smallest absolute Gasteiger partial charge is 0.181 e. The Morgan fingerprint density at radius 2 is 2.33 bits per heavy atom. The molecule has 0 unspecified atom stereocenters. The van der Waals surface area contributed by atoms with Gasteiger partial charge in [-0.15, -0.1) is 0 Å². The molecule has 0 spiro atoms. The number of hydrogen-bond acceptors (Lipinski definition) is 2. The van der Waals surface area contributed by atoms with E-state index in [4.69, 9.17) is 5.79 Å². The first kappa shape index (κ1) is 6.23. The Morgan fingerprint density at radius 3 is 3.08 bits per heavy atom. The summed E-state index contributed by atoms with van der Waals surface area (Å²) in [6.45, 7) is 4.26. The number of fused-ring (bicyclic) bond motifs is 1. The summed E-state index contributed by atoms with van der Waals surface area (Å²) in [7, 11) is 0. The van der Waals surface area contributed by atoms with E-state index in [0.29, 0.717) is 11.5 Å². The van der Waals surface area contributed by atoms with Gasteiger partial charge in [0.1, 0.15) is 6.89 Å². The standard InChI is InChI=1S/C10H11NO/c1-7(2)8-3-4-10-9(5-8)11-6-12-10/h3-7H,1-2H3/i6T. The first-order valence-corrected chi connectivity index (χ1v) is 4.04. The lowest BCUT2D eigenvalue weighted by atomic mass is 10.0. The molecule has 1 aromatic carbocycles. The highest BCUT2D eigenvalue weighted by atomic mass is 16.3. The van der Waals surface area contributed by atoms with Crippen LogP contribution in [0.3, 0.4) is 0 Å². The zero-order valence-electron chi connectivity index (χ0n) is 8.16. The Labute approximate surface area is 72.6 Å². The number of benzene rings is 1. The zero-order chi connectivity index (χ0) is 9.42. The lowest BCUT2D eigenvalue weighted by Crippen LogP contribution is -1.85. The Bertz CT molecular complexity index is 433. The monoisotopic (exact) mass is 163 g/mol. The van der Waals surface area contributed by atoms with Crippen LogP contribution in [0.25, 0.3) is 11.1 Å². The third kappa shape index (κ3) is 1.09. The number of oxazole rings is 1. The second-order valence-corrected chi connectivity index (χ2v) is 3.19. The van der Waals surface area contributed by atoms with Crippen molar-refractivity contribution in [3.63, 3.8) is 0 Å². The molecule has 0 aliphatic carbocycles. The molecule has 1 heterocycles. The van der Waals surface area contributed by atoms with Gasteiger partial charge in [0, 0.05) is 0 Å². The number of nitrogens with zero attached hydrogens (tertiary/aromatic N) is 1. The van der Waals surface area contributed by atoms with Crippen molar-refractivity contribution in [2.75, 3.05) is 0 Å². The fourth-order valence-electron chi connectivity index (χ4n) is 1.19. The fraction of sp³-hybridized carbons (Fsp3) is 0.300. The number of rotatable bonds is 1. The van der Waals surface area contributed by atoms with E-state index in [2.05, 4.69) is 18.8 Å². The molecule has 0 N–H and O–H groups in total. The van der Waals surface area contributed by atoms with Gasteiger partial charge in [0.15, 0.2) is 12.0 Å². The van der Waals surface area contributed by atoms with Crippen molar-refractivity contribution in [3.05, 3.63) is 30.1 Å². The molecule has 2 aromatic rings. The summed E-state index contributed by atoms with van der Waals surface area (Å²) in [6.07, 6.45) is -0.0177. The first-order valence-electron chi connectivity index (χ1n) is 4.54. The van der Waals surface area contributed by atoms with Gasteiger partial charge in [0.25, 0.3) is 0 Å². The third-order valence-electron chi connectivity index (χ3n) is 1.97. The van der Waals surface area contributed by atoms with Crippen LogP contribution in [0.1, 0.15) is 26.7 Å². The van der Waals surface area contributed by atoms with Crippen molar-refractivity contribution in [1.29, 1.82) is 0 Å². The second-order valence-electron chi connectivity index (χ2n) is 3.19. The van der Waals surface area contributed by atoms with E-state index in [1.165, 1.54) is 5.56 Å². The molecule has 0 atom stereocenters. The molecule has 0 bridgehead atoms. The molecule has 0 amide bonds. The maximum absolute atomic E-state index is 7.22. The largest absolute Gasteiger partial charge is 0.443 e. The summed E-state index contributed by atoms with van der Waals surface area (Å²) >= 11 is 0. The van der Waals surface area contributed by atoms with Crippen LogP contribution in [0.4, 0.5) is 0 Å². The Balaban J connectivity index is 2.61. The Kier molecular flexibility index (Phi) is 1.36. The highest BCUT2D eigenvalue weighted by molar-refractivity contribution is 5.72. The third-order valence-corrected chi connectivity index (χ3v) is 1.97. The minimum atomic E-state index is -0.0177. The van der Waals surface area contributed by atoms with Gasteiger partial charge in [-0.1, -0.05) is 19.9 Å². The zero-order valence-corrected chi connectivity index (χ0v) is 7.16. The lowest BCUT2D eigenvalue weighted by Gasteiger charge is -2.02. The topological polar surface area (TPSA) is 26.0 Å². The summed E-state index contributed by atoms with van der Waals surface area (Å²) < 4.78 is 12.3. The molecule has 62 valence electrons. The maximum Gasteiger partial charge on any atom is 0.181 e. The number of aromatic nitrogens is 1. The lowest BCUT2D eigenvalue weighted by molar-refractivity contribution is 0.602. The molecular weight excluding hydrogens is 150 g/mol. The summed E-state index contributed by atoms with van der Waals surface area (Å²) in [5, 5.41) is 0. The second kappa shape index (κ2) is 2.63. The van der Waals surface area contributed by atoms with Crippen LogP contribution in [0, 0.1) is 0 Å². The van der Waals surface area contributed by atoms with Crippen LogP contribution in [-0.4, -0.2) is 4.98 Å². The molecule has 0 saturated carbocycles. The van der Waals surface area contributed by atoms with Gasteiger partial charge in [-0.3, -0.25) is 0 Å². The SMILES string of the molecule is [3H]c1nc2cc(C(C)C)ccc2o1. The average molecular weight is 163 g/mol. The summed E-state index contributed by atoms with van der Waals surface area (Å²) in [5.74, 6) is 0.482. The molecule has 0 aliphatic rings. The molecule has 0 fully saturated rings. The molecule has 0 radical (unpaired) electrons. The van der Waals surface area contributed by atoms with Gasteiger partial charge in [-0.05, 0) is 23.6 Å². The van der Waals surface area contributed by atoms with Crippen LogP contribution in [-0.2, 0) is 0 Å². The average Bonchev–Trinajstić information content (AvgIpc) is 2.42. The van der Waals surface area contributed by atoms with Crippen LogP contribution in [0.2, 0.25) is 0 Å². The highest BCUT2D eigenvalue weighted by Gasteiger charge is 2.02. The van der Waals surface area contributed by atoms with Crippen molar-refractivity contribution < 1.29 is 5.79 Å². The molecular formula is C10H11NO. The highest BCUT2D eigenvalue weighted by Crippen LogP contribution is 2.19. The maximum atomic E-state index is 7.22. The van der Waals surface area contributed by atoms with E-state index < -0.39 is 0 Å². The molecule has 2 heteroatoms. The van der Waals surface area contributed by atoms with Crippen molar-refractivity contribution in [2.45, 2.75) is 19.8 Å². The van der Waals surface area contributed by atoms with Gasteiger partial charge in [0.2, 0.25) is 0 Å². The minimum Gasteiger partial charge on any atom is -0.443 e. The van der Waals surface area contributed by atoms with Gasteiger partial charge in [0.05, 0.1) is 0 Å². The molecule has 0 saturated heterocycles. The molecule has 0 aliphatic heterocycles.